The predicted octanol–water partition coefficient (Wildman–Crippen LogP) is 13.4. The van der Waals surface area contributed by atoms with Crippen LogP contribution >= 0.6 is 0 Å². The fraction of sp³-hybridized carbons (Fsp3) is 0. The molecule has 6 heteroatoms. The standard InChI is InChI=1S/C51H30N4O2/c1-3-12-31(13-4-1)33-23-27-43-41(28-33)36-16-7-9-19-42(36)55(43)35-24-26-39-47(30-35)57-45-21-11-18-40(48(39)45)51-53-49(32-14-5-2-6-15-32)52-50(54-51)34-22-25-38-37-17-8-10-20-44(37)56-46(38)29-34/h1-30H/i1D,2D,3D,4D,5D,6D,7D,8D,9D,10D,11D,12D,13D,14D,15D,17D,18D,19D,20D,21D,22D,23D,24D,25D,26D,27D,28D,29D,30D. The summed E-state index contributed by atoms with van der Waals surface area (Å²) in [5, 5.41) is -2.57. The normalized spacial score (nSPS) is 19.0. The molecular weight excluding hydrogens is 701 g/mol. The highest BCUT2D eigenvalue weighted by Crippen LogP contribution is 2.40. The summed E-state index contributed by atoms with van der Waals surface area (Å²) >= 11 is 0. The summed E-state index contributed by atoms with van der Waals surface area (Å²) in [6.07, 6.45) is 0. The van der Waals surface area contributed by atoms with Crippen LogP contribution in [0.4, 0.5) is 0 Å². The van der Waals surface area contributed by atoms with Gasteiger partial charge in [0.2, 0.25) is 0 Å². The van der Waals surface area contributed by atoms with Gasteiger partial charge in [0, 0.05) is 60.7 Å². The molecule has 8 aromatic carbocycles. The smallest absolute Gasteiger partial charge is 0.164 e. The first-order chi connectivity index (χ1) is 40.3. The van der Waals surface area contributed by atoms with Crippen LogP contribution in [0.25, 0.3) is 117 Å². The molecule has 6 nitrogen and oxygen atoms in total. The lowest BCUT2D eigenvalue weighted by atomic mass is 10.0. The first kappa shape index (κ1) is 14.3. The van der Waals surface area contributed by atoms with Crippen molar-refractivity contribution in [1.82, 2.24) is 19.5 Å². The van der Waals surface area contributed by atoms with Gasteiger partial charge in [-0.25, -0.2) is 15.0 Å². The lowest BCUT2D eigenvalue weighted by molar-refractivity contribution is 0.668. The van der Waals surface area contributed by atoms with Gasteiger partial charge in [0.15, 0.2) is 17.5 Å². The fourth-order valence-corrected chi connectivity index (χ4v) is 6.50. The number of hydrogen-bond acceptors (Lipinski definition) is 5. The number of fused-ring (bicyclic) bond motifs is 9. The zero-order valence-corrected chi connectivity index (χ0v) is 28.2. The Kier molecular flexibility index (Phi) is 3.11. The van der Waals surface area contributed by atoms with Crippen LogP contribution in [0.5, 0.6) is 0 Å². The maximum atomic E-state index is 9.83. The van der Waals surface area contributed by atoms with E-state index in [1.807, 2.05) is 0 Å². The van der Waals surface area contributed by atoms with Crippen molar-refractivity contribution in [1.29, 1.82) is 0 Å². The second-order valence-corrected chi connectivity index (χ2v) is 12.2. The van der Waals surface area contributed by atoms with Crippen molar-refractivity contribution in [3.63, 3.8) is 0 Å². The van der Waals surface area contributed by atoms with Gasteiger partial charge >= 0.3 is 0 Å². The zero-order valence-electron chi connectivity index (χ0n) is 57.2. The van der Waals surface area contributed by atoms with Gasteiger partial charge in [0.1, 0.15) is 22.3 Å². The van der Waals surface area contributed by atoms with Gasteiger partial charge in [0.25, 0.3) is 0 Å². The van der Waals surface area contributed by atoms with Gasteiger partial charge < -0.3 is 13.4 Å². The molecule has 0 bridgehead atoms. The molecule has 0 saturated heterocycles. The van der Waals surface area contributed by atoms with Gasteiger partial charge in [0.05, 0.1) is 50.8 Å². The second-order valence-electron chi connectivity index (χ2n) is 12.2. The third kappa shape index (κ3) is 5.01. The van der Waals surface area contributed by atoms with E-state index in [9.17, 15) is 13.7 Å². The molecule has 12 rings (SSSR count). The van der Waals surface area contributed by atoms with Gasteiger partial charge in [-0.05, 0) is 65.5 Å². The first-order valence-electron chi connectivity index (χ1n) is 31.2. The number of benzene rings is 8. The predicted molar refractivity (Wildman–Crippen MR) is 230 cm³/mol. The average Bonchev–Trinajstić information content (AvgIpc) is 1.63. The summed E-state index contributed by atoms with van der Waals surface area (Å²) < 4.78 is 271. The maximum absolute atomic E-state index is 9.83. The second kappa shape index (κ2) is 12.3. The SMILES string of the molecule is [2H]c1cc2c3c([2H])c(-c4c([2H])c([2H])c([2H])c([2H])c4[2H])c([2H])c([2H])c3n(-c3c([2H])c([2H])c4c(oc5c([2H])c([2H])c([2H])c(-c6nc(-c7c([2H])c([2H])c([2H])c([2H])c7[2H])nc(-c7c([2H])c([2H])c8c(oc9c([2H])c([2H])c([2H])c([2H])c98)c7[2H])n6)c54)c3[2H])c2c([2H])c1[2H]. The van der Waals surface area contributed by atoms with Crippen LogP contribution in [0.3, 0.4) is 0 Å². The Morgan fingerprint density at radius 2 is 1.04 bits per heavy atom. The van der Waals surface area contributed by atoms with Crippen LogP contribution in [0, 0.1) is 0 Å². The molecule has 57 heavy (non-hydrogen) atoms. The van der Waals surface area contributed by atoms with E-state index >= 15 is 0 Å². The molecule has 0 radical (unpaired) electrons. The van der Waals surface area contributed by atoms with Gasteiger partial charge in [-0.2, -0.15) is 0 Å². The number of rotatable bonds is 5. The van der Waals surface area contributed by atoms with Crippen molar-refractivity contribution >= 4 is 65.7 Å². The molecule has 0 aliphatic heterocycles. The molecule has 4 aromatic heterocycles. The number of hydrogen-bond donors (Lipinski definition) is 0. The highest BCUT2D eigenvalue weighted by molar-refractivity contribution is 6.14. The van der Waals surface area contributed by atoms with Crippen molar-refractivity contribution < 1.29 is 48.6 Å². The van der Waals surface area contributed by atoms with Gasteiger partial charge in [-0.1, -0.05) is 121 Å². The van der Waals surface area contributed by atoms with E-state index in [0.29, 0.717) is 0 Å². The molecule has 266 valence electrons. The van der Waals surface area contributed by atoms with E-state index in [4.69, 9.17) is 34.9 Å². The topological polar surface area (TPSA) is 69.9 Å². The van der Waals surface area contributed by atoms with Crippen molar-refractivity contribution in [3.8, 4) is 51.0 Å². The Labute approximate surface area is 366 Å². The largest absolute Gasteiger partial charge is 0.456 e. The summed E-state index contributed by atoms with van der Waals surface area (Å²) in [5.74, 6) is -2.46. The number of nitrogens with zero attached hydrogens (tertiary/aromatic N) is 4. The Bertz CT molecular complexity index is 5190. The highest BCUT2D eigenvalue weighted by Gasteiger charge is 2.20. The summed E-state index contributed by atoms with van der Waals surface area (Å²) in [7, 11) is 0. The van der Waals surface area contributed by atoms with Crippen LogP contribution in [0.1, 0.15) is 39.8 Å². The molecule has 4 heterocycles. The quantitative estimate of drug-likeness (QED) is 0.175. The molecule has 0 atom stereocenters. The molecule has 0 amide bonds. The third-order valence-corrected chi connectivity index (χ3v) is 8.96. The van der Waals surface area contributed by atoms with Gasteiger partial charge in [-0.3, -0.25) is 0 Å². The Morgan fingerprint density at radius 1 is 0.386 bits per heavy atom. The summed E-state index contributed by atoms with van der Waals surface area (Å²) in [4.78, 5) is 13.3. The van der Waals surface area contributed by atoms with E-state index in [1.54, 1.807) is 0 Å². The molecule has 0 unspecified atom stereocenters. The Balaban J connectivity index is 1.21. The minimum Gasteiger partial charge on any atom is -0.456 e. The minimum atomic E-state index is -0.978. The molecule has 0 spiro atoms. The molecular formula is C51H30N4O2. The van der Waals surface area contributed by atoms with Crippen LogP contribution < -0.4 is 0 Å². The van der Waals surface area contributed by atoms with E-state index < -0.39 is 281 Å². The van der Waals surface area contributed by atoms with Crippen LogP contribution in [-0.4, -0.2) is 19.5 Å². The summed E-state index contributed by atoms with van der Waals surface area (Å²) in [6, 6.07) is -23.3. The number of para-hydroxylation sites is 2. The summed E-state index contributed by atoms with van der Waals surface area (Å²) in [5.41, 5.74) is -7.66. The first-order valence-corrected chi connectivity index (χ1v) is 16.7. The highest BCUT2D eigenvalue weighted by atomic mass is 16.3. The average molecular weight is 760 g/mol. The van der Waals surface area contributed by atoms with E-state index in [2.05, 4.69) is 15.0 Å². The van der Waals surface area contributed by atoms with Crippen molar-refractivity contribution in [2.45, 2.75) is 0 Å². The number of aromatic nitrogens is 4. The molecule has 0 saturated carbocycles. The lowest BCUT2D eigenvalue weighted by Gasteiger charge is -2.10. The van der Waals surface area contributed by atoms with E-state index in [0.717, 1.165) is 10.6 Å². The minimum absolute atomic E-state index is 0.280. The molecule has 0 aliphatic rings. The van der Waals surface area contributed by atoms with Crippen molar-refractivity contribution in [3.05, 3.63) is 181 Å². The molecule has 0 aliphatic carbocycles. The van der Waals surface area contributed by atoms with Crippen molar-refractivity contribution in [2.75, 3.05) is 0 Å². The molecule has 0 fully saturated rings. The third-order valence-electron chi connectivity index (χ3n) is 8.96. The van der Waals surface area contributed by atoms with Crippen LogP contribution in [0.15, 0.2) is 190 Å². The Morgan fingerprint density at radius 3 is 1.91 bits per heavy atom. The monoisotopic (exact) mass is 759 g/mol. The van der Waals surface area contributed by atoms with Crippen LogP contribution in [-0.2, 0) is 0 Å². The summed E-state index contributed by atoms with van der Waals surface area (Å²) in [6.45, 7) is 0. The fourth-order valence-electron chi connectivity index (χ4n) is 6.50. The van der Waals surface area contributed by atoms with Crippen molar-refractivity contribution in [2.24, 2.45) is 0 Å². The Hall–Kier alpha value is -7.83. The van der Waals surface area contributed by atoms with E-state index in [1.165, 1.54) is 0 Å². The van der Waals surface area contributed by atoms with E-state index in [-0.39, 0.29) is 10.8 Å². The molecule has 0 N–H and O–H groups in total. The molecule has 12 aromatic rings. The lowest BCUT2D eigenvalue weighted by Crippen LogP contribution is -2.00. The number of furan rings is 2. The maximum Gasteiger partial charge on any atom is 0.164 e. The van der Waals surface area contributed by atoms with Crippen LogP contribution in [0.2, 0.25) is 0 Å². The van der Waals surface area contributed by atoms with Gasteiger partial charge in [-0.15, -0.1) is 0 Å². The zero-order chi connectivity index (χ0) is 62.7.